The van der Waals surface area contributed by atoms with Crippen LogP contribution in [0.15, 0.2) is 18.2 Å². The summed E-state index contributed by atoms with van der Waals surface area (Å²) in [5.74, 6) is -0.0128. The molecule has 0 saturated carbocycles. The Balaban J connectivity index is 2.09. The van der Waals surface area contributed by atoms with Crippen LogP contribution in [0, 0.1) is 0 Å². The molecule has 2 rings (SSSR count). The minimum Gasteiger partial charge on any atom is -0.359 e. The molecule has 3 amide bonds. The molecule has 1 aromatic carbocycles. The maximum absolute atomic E-state index is 12.0. The fraction of sp³-hybridized carbons (Fsp3) is 0.467. The van der Waals surface area contributed by atoms with Crippen LogP contribution in [-0.2, 0) is 4.79 Å². The number of carbonyl (C=O) groups is 2. The summed E-state index contributed by atoms with van der Waals surface area (Å²) in [6.45, 7) is 6.78. The van der Waals surface area contributed by atoms with Gasteiger partial charge in [0.1, 0.15) is 0 Å². The summed E-state index contributed by atoms with van der Waals surface area (Å²) in [6, 6.07) is 5.20. The quantitative estimate of drug-likeness (QED) is 0.892. The van der Waals surface area contributed by atoms with E-state index in [2.05, 4.69) is 10.6 Å². The second-order valence-corrected chi connectivity index (χ2v) is 5.45. The van der Waals surface area contributed by atoms with Gasteiger partial charge in [0.15, 0.2) is 0 Å². The lowest BCUT2D eigenvalue weighted by atomic mass is 10.2. The minimum atomic E-state index is -0.147. The molecule has 0 unspecified atom stereocenters. The molecule has 1 heterocycles. The third-order valence-corrected chi connectivity index (χ3v) is 3.93. The smallest absolute Gasteiger partial charge is 0.321 e. The van der Waals surface area contributed by atoms with E-state index < -0.39 is 0 Å². The molecule has 0 aliphatic carbocycles. The summed E-state index contributed by atoms with van der Waals surface area (Å²) in [5, 5.41) is 6.13. The van der Waals surface area contributed by atoms with Gasteiger partial charge in [-0.15, -0.1) is 0 Å². The molecule has 2 N–H and O–H groups in total. The van der Waals surface area contributed by atoms with E-state index in [-0.39, 0.29) is 11.9 Å². The number of anilines is 2. The number of amides is 3. The van der Waals surface area contributed by atoms with Crippen LogP contribution in [0.5, 0.6) is 0 Å². The van der Waals surface area contributed by atoms with Crippen LogP contribution >= 0.6 is 11.6 Å². The molecule has 22 heavy (non-hydrogen) atoms. The van der Waals surface area contributed by atoms with E-state index in [1.54, 1.807) is 17.0 Å². The number of piperazine rings is 1. The molecule has 0 spiro atoms. The molecule has 0 atom stereocenters. The number of nitrogens with one attached hydrogen (secondary N) is 2. The average Bonchev–Trinajstić information content (AvgIpc) is 2.48. The van der Waals surface area contributed by atoms with Crippen molar-refractivity contribution in [1.82, 2.24) is 10.2 Å². The highest BCUT2D eigenvalue weighted by molar-refractivity contribution is 6.33. The van der Waals surface area contributed by atoms with Gasteiger partial charge in [-0.05, 0) is 32.0 Å². The number of benzene rings is 1. The Morgan fingerprint density at radius 3 is 2.73 bits per heavy atom. The van der Waals surface area contributed by atoms with Crippen LogP contribution in [0.1, 0.15) is 13.8 Å². The van der Waals surface area contributed by atoms with Crippen molar-refractivity contribution in [2.45, 2.75) is 13.8 Å². The van der Waals surface area contributed by atoms with Crippen molar-refractivity contribution >= 4 is 34.9 Å². The standard InChI is InChI=1S/C15H21ClN4O2/c1-3-19(4-2)15(22)18-11-5-6-13(12(16)9-11)20-8-7-17-14(21)10-20/h5-6,9H,3-4,7-8,10H2,1-2H3,(H,17,21)(H,18,22). The van der Waals surface area contributed by atoms with Crippen LogP contribution in [0.2, 0.25) is 5.02 Å². The first kappa shape index (κ1) is 16.4. The van der Waals surface area contributed by atoms with Crippen LogP contribution in [-0.4, -0.2) is 49.6 Å². The number of hydrogen-bond donors (Lipinski definition) is 2. The largest absolute Gasteiger partial charge is 0.359 e. The number of carbonyl (C=O) groups excluding carboxylic acids is 2. The Hall–Kier alpha value is -1.95. The van der Waals surface area contributed by atoms with Crippen molar-refractivity contribution in [3.05, 3.63) is 23.2 Å². The van der Waals surface area contributed by atoms with Gasteiger partial charge in [-0.2, -0.15) is 0 Å². The Morgan fingerprint density at radius 2 is 2.14 bits per heavy atom. The van der Waals surface area contributed by atoms with Gasteiger partial charge in [0.05, 0.1) is 17.3 Å². The zero-order valence-corrected chi connectivity index (χ0v) is 13.6. The van der Waals surface area contributed by atoms with Crippen molar-refractivity contribution in [1.29, 1.82) is 0 Å². The number of halogens is 1. The molecule has 1 fully saturated rings. The first-order valence-corrected chi connectivity index (χ1v) is 7.80. The predicted octanol–water partition coefficient (Wildman–Crippen LogP) is 2.15. The number of nitrogens with zero attached hydrogens (tertiary/aromatic N) is 2. The highest BCUT2D eigenvalue weighted by atomic mass is 35.5. The molecule has 1 aromatic rings. The van der Waals surface area contributed by atoms with Crippen LogP contribution in [0.4, 0.5) is 16.2 Å². The summed E-state index contributed by atoms with van der Waals surface area (Å²) in [4.78, 5) is 27.1. The Morgan fingerprint density at radius 1 is 1.41 bits per heavy atom. The minimum absolute atomic E-state index is 0.0128. The molecule has 6 nitrogen and oxygen atoms in total. The lowest BCUT2D eigenvalue weighted by Gasteiger charge is -2.29. The van der Waals surface area contributed by atoms with Gasteiger partial charge in [-0.1, -0.05) is 11.6 Å². The molecule has 1 saturated heterocycles. The van der Waals surface area contributed by atoms with Gasteiger partial charge in [0.25, 0.3) is 0 Å². The zero-order valence-electron chi connectivity index (χ0n) is 12.9. The van der Waals surface area contributed by atoms with Crippen LogP contribution in [0.3, 0.4) is 0 Å². The van der Waals surface area contributed by atoms with E-state index >= 15 is 0 Å². The third-order valence-electron chi connectivity index (χ3n) is 3.63. The van der Waals surface area contributed by atoms with Crippen molar-refractivity contribution in [2.24, 2.45) is 0 Å². The molecule has 1 aliphatic rings. The van der Waals surface area contributed by atoms with Crippen LogP contribution < -0.4 is 15.5 Å². The molecule has 0 aromatic heterocycles. The zero-order chi connectivity index (χ0) is 16.1. The average molecular weight is 325 g/mol. The highest BCUT2D eigenvalue weighted by Gasteiger charge is 2.19. The van der Waals surface area contributed by atoms with Crippen molar-refractivity contribution < 1.29 is 9.59 Å². The predicted molar refractivity (Wildman–Crippen MR) is 88.6 cm³/mol. The molecule has 120 valence electrons. The van der Waals surface area contributed by atoms with Crippen LogP contribution in [0.25, 0.3) is 0 Å². The maximum atomic E-state index is 12.0. The van der Waals surface area contributed by atoms with E-state index in [1.165, 1.54) is 0 Å². The number of hydrogen-bond acceptors (Lipinski definition) is 3. The molecular formula is C15H21ClN4O2. The lowest BCUT2D eigenvalue weighted by molar-refractivity contribution is -0.120. The van der Waals surface area contributed by atoms with E-state index in [0.29, 0.717) is 36.9 Å². The SMILES string of the molecule is CCN(CC)C(=O)Nc1ccc(N2CCNC(=O)C2)c(Cl)c1. The van der Waals surface area contributed by atoms with Crippen molar-refractivity contribution in [3.63, 3.8) is 0 Å². The van der Waals surface area contributed by atoms with E-state index in [9.17, 15) is 9.59 Å². The van der Waals surface area contributed by atoms with Gasteiger partial charge in [0.2, 0.25) is 5.91 Å². The molecular weight excluding hydrogens is 304 g/mol. The summed E-state index contributed by atoms with van der Waals surface area (Å²) in [5.41, 5.74) is 1.45. The second kappa shape index (κ2) is 7.35. The molecule has 7 heteroatoms. The second-order valence-electron chi connectivity index (χ2n) is 5.04. The summed E-state index contributed by atoms with van der Waals surface area (Å²) in [6.07, 6.45) is 0. The van der Waals surface area contributed by atoms with Crippen molar-refractivity contribution in [3.8, 4) is 0 Å². The summed E-state index contributed by atoms with van der Waals surface area (Å²) >= 11 is 6.30. The normalized spacial score (nSPS) is 14.5. The topological polar surface area (TPSA) is 64.7 Å². The Bertz CT molecular complexity index is 560. The summed E-state index contributed by atoms with van der Waals surface area (Å²) < 4.78 is 0. The maximum Gasteiger partial charge on any atom is 0.321 e. The van der Waals surface area contributed by atoms with Gasteiger partial charge >= 0.3 is 6.03 Å². The van der Waals surface area contributed by atoms with Gasteiger partial charge in [-0.25, -0.2) is 4.79 Å². The molecule has 1 aliphatic heterocycles. The fourth-order valence-electron chi connectivity index (χ4n) is 2.40. The first-order valence-electron chi connectivity index (χ1n) is 7.42. The third kappa shape index (κ3) is 3.82. The Kier molecular flexibility index (Phi) is 5.49. The molecule has 0 bridgehead atoms. The van der Waals surface area contributed by atoms with Gasteiger partial charge in [-0.3, -0.25) is 4.79 Å². The first-order chi connectivity index (χ1) is 10.5. The van der Waals surface area contributed by atoms with Gasteiger partial charge in [0, 0.05) is 31.9 Å². The Labute approximate surface area is 135 Å². The number of rotatable bonds is 4. The monoisotopic (exact) mass is 324 g/mol. The van der Waals surface area contributed by atoms with Gasteiger partial charge < -0.3 is 20.4 Å². The number of urea groups is 1. The molecule has 0 radical (unpaired) electrons. The van der Waals surface area contributed by atoms with E-state index in [1.807, 2.05) is 24.8 Å². The fourth-order valence-corrected chi connectivity index (χ4v) is 2.70. The summed E-state index contributed by atoms with van der Waals surface area (Å²) in [7, 11) is 0. The van der Waals surface area contributed by atoms with E-state index in [4.69, 9.17) is 11.6 Å². The lowest BCUT2D eigenvalue weighted by Crippen LogP contribution is -2.47. The van der Waals surface area contributed by atoms with Crippen molar-refractivity contribution in [2.75, 3.05) is 42.9 Å². The highest BCUT2D eigenvalue weighted by Crippen LogP contribution is 2.29. The van der Waals surface area contributed by atoms with E-state index in [0.717, 1.165) is 12.2 Å².